The van der Waals surface area contributed by atoms with Gasteiger partial charge in [0.15, 0.2) is 5.69 Å². The minimum atomic E-state index is -4.55. The van der Waals surface area contributed by atoms with Crippen LogP contribution in [-0.2, 0) is 31.5 Å². The quantitative estimate of drug-likeness (QED) is 0.0955. The second kappa shape index (κ2) is 17.1. The van der Waals surface area contributed by atoms with Gasteiger partial charge in [0.2, 0.25) is 0 Å². The second-order valence-electron chi connectivity index (χ2n) is 10.5. The molecule has 0 aliphatic heterocycles. The van der Waals surface area contributed by atoms with Gasteiger partial charge in [0.05, 0.1) is 50.9 Å². The van der Waals surface area contributed by atoms with Crippen LogP contribution < -0.4 is 0 Å². The molecule has 6 aromatic heterocycles. The van der Waals surface area contributed by atoms with Crippen molar-refractivity contribution in [1.29, 1.82) is 5.26 Å². The van der Waals surface area contributed by atoms with Crippen molar-refractivity contribution in [3.05, 3.63) is 113 Å². The molecule has 0 aliphatic carbocycles. The number of thiophene rings is 1. The molecule has 19 heteroatoms. The molecule has 0 saturated carbocycles. The molecule has 270 valence electrons. The molecule has 6 heterocycles. The fraction of sp³-hybridized carbons (Fsp3) is 0.0882. The zero-order valence-corrected chi connectivity index (χ0v) is 30.2. The number of carboxylic acids is 3. The molecular weight excluding hydrogens is 825 g/mol. The molecule has 13 nitrogen and oxygen atoms in total. The Morgan fingerprint density at radius 1 is 0.792 bits per heavy atom. The van der Waals surface area contributed by atoms with E-state index < -0.39 is 29.8 Å². The number of thioether (sulfide) groups is 1. The van der Waals surface area contributed by atoms with E-state index in [0.29, 0.717) is 5.69 Å². The number of rotatable bonds is 9. The largest absolute Gasteiger partial charge is 0.478 e. The van der Waals surface area contributed by atoms with E-state index in [2.05, 4.69) is 25.0 Å². The summed E-state index contributed by atoms with van der Waals surface area (Å²) in [4.78, 5) is 52.6. The Morgan fingerprint density at radius 2 is 1.36 bits per heavy atom. The van der Waals surface area contributed by atoms with Gasteiger partial charge >= 0.3 is 24.1 Å². The molecule has 6 rings (SSSR count). The third kappa shape index (κ3) is 9.95. The van der Waals surface area contributed by atoms with Gasteiger partial charge in [0.1, 0.15) is 11.3 Å². The topological polar surface area (TPSA) is 205 Å². The average Bonchev–Trinajstić information content (AvgIpc) is 3.78. The third-order valence-electron chi connectivity index (χ3n) is 6.98. The number of nitrogens with zero attached hydrogens (tertiary/aromatic N) is 7. The van der Waals surface area contributed by atoms with E-state index in [-0.39, 0.29) is 70.5 Å². The molecule has 0 amide bonds. The van der Waals surface area contributed by atoms with Crippen molar-refractivity contribution in [3.63, 3.8) is 0 Å². The normalized spacial score (nSPS) is 10.7. The maximum atomic E-state index is 12.9. The molecule has 6 aromatic rings. The number of nitriles is 1. The van der Waals surface area contributed by atoms with Crippen molar-refractivity contribution in [3.8, 4) is 50.0 Å². The van der Waals surface area contributed by atoms with Gasteiger partial charge in [-0.15, -0.1) is 11.3 Å². The first-order chi connectivity index (χ1) is 24.7. The predicted molar refractivity (Wildman–Crippen MR) is 183 cm³/mol. The standard InChI is InChI=1S/C18H11N3O6.C16H11F3N4S2.Ru/c22-16(23)9-1-3-19-12(5-9)14-7-11(18(26)27)8-15(21-14)13-6-10(17(24)25)2-4-20-13;1-10-2-5-14(25-10)11-3-4-12(21-7-11)13-6-15(16(17,18)19)22-23(13)9-24-8-20;/h1-8H,(H,22,23)(H,24,25)(H,26,27);2-7H,9H2,1H3;. The van der Waals surface area contributed by atoms with E-state index in [1.54, 1.807) is 23.6 Å². The van der Waals surface area contributed by atoms with E-state index in [9.17, 15) is 32.7 Å². The zero-order valence-electron chi connectivity index (χ0n) is 26.8. The van der Waals surface area contributed by atoms with E-state index in [1.807, 2.05) is 30.5 Å². The first-order valence-corrected chi connectivity index (χ1v) is 16.4. The van der Waals surface area contributed by atoms with Crippen LogP contribution in [0.4, 0.5) is 13.2 Å². The number of aryl methyl sites for hydroxylation is 1. The Morgan fingerprint density at radius 3 is 1.81 bits per heavy atom. The Hall–Kier alpha value is -5.83. The van der Waals surface area contributed by atoms with Gasteiger partial charge in [-0.05, 0) is 85.4 Å². The summed E-state index contributed by atoms with van der Waals surface area (Å²) >= 11 is 2.43. The Bertz CT molecular complexity index is 2270. The van der Waals surface area contributed by atoms with Crippen LogP contribution in [0.5, 0.6) is 0 Å². The van der Waals surface area contributed by atoms with E-state index in [4.69, 9.17) is 15.5 Å². The minimum Gasteiger partial charge on any atom is -0.478 e. The number of carboxylic acid groups (broad SMARTS) is 3. The van der Waals surface area contributed by atoms with Crippen molar-refractivity contribution in [2.75, 3.05) is 0 Å². The molecule has 0 saturated heterocycles. The molecule has 0 fully saturated rings. The van der Waals surface area contributed by atoms with Crippen LogP contribution in [0, 0.1) is 17.6 Å². The summed E-state index contributed by atoms with van der Waals surface area (Å²) in [5.41, 5.74) is 0.872. The first-order valence-electron chi connectivity index (χ1n) is 14.6. The van der Waals surface area contributed by atoms with Crippen LogP contribution >= 0.6 is 23.1 Å². The van der Waals surface area contributed by atoms with E-state index in [0.717, 1.165) is 33.0 Å². The number of hydrogen-bond donors (Lipinski definition) is 3. The molecule has 3 N–H and O–H groups in total. The van der Waals surface area contributed by atoms with Crippen LogP contribution in [0.25, 0.3) is 44.6 Å². The molecule has 0 aromatic carbocycles. The van der Waals surface area contributed by atoms with Crippen LogP contribution in [-0.4, -0.2) is 62.9 Å². The fourth-order valence-electron chi connectivity index (χ4n) is 4.55. The molecule has 0 spiro atoms. The number of thiocyanates is 1. The average molecular weight is 847 g/mol. The van der Waals surface area contributed by atoms with Gasteiger partial charge in [-0.2, -0.15) is 23.5 Å². The summed E-state index contributed by atoms with van der Waals surface area (Å²) in [6, 6.07) is 16.0. The second-order valence-corrected chi connectivity index (χ2v) is 12.5. The summed E-state index contributed by atoms with van der Waals surface area (Å²) in [5, 5.41) is 41.6. The van der Waals surface area contributed by atoms with Crippen LogP contribution in [0.1, 0.15) is 41.6 Å². The van der Waals surface area contributed by atoms with Crippen molar-refractivity contribution in [2.45, 2.75) is 19.0 Å². The zero-order chi connectivity index (χ0) is 37.6. The number of aromatic carboxylic acids is 3. The first kappa shape index (κ1) is 40.0. The van der Waals surface area contributed by atoms with Crippen LogP contribution in [0.2, 0.25) is 0 Å². The third-order valence-corrected chi connectivity index (χ3v) is 8.54. The van der Waals surface area contributed by atoms with E-state index in [1.165, 1.54) is 53.7 Å². The van der Waals surface area contributed by atoms with Gasteiger partial charge in [-0.1, -0.05) is 0 Å². The summed E-state index contributed by atoms with van der Waals surface area (Å²) in [6.07, 6.45) is -0.373. The fourth-order valence-corrected chi connectivity index (χ4v) is 5.79. The number of aromatic nitrogens is 6. The van der Waals surface area contributed by atoms with Crippen LogP contribution in [0.15, 0.2) is 85.3 Å². The summed E-state index contributed by atoms with van der Waals surface area (Å²) in [7, 11) is 0. The molecule has 0 aliphatic rings. The van der Waals surface area contributed by atoms with Crippen molar-refractivity contribution in [1.82, 2.24) is 29.7 Å². The molecule has 0 atom stereocenters. The molecule has 0 bridgehead atoms. The number of pyridine rings is 4. The SMILES string of the molecule is Cc1ccc(-c2ccc(-c3cc(C(F)(F)F)nn3CSC#N)nc2)s1.O=C(O)c1ccnc(-c2cc(C(=O)O)cc(-c3cc(C(=O)O)ccn3)n2)c1.[Ru]. The maximum Gasteiger partial charge on any atom is 0.435 e. The smallest absolute Gasteiger partial charge is 0.435 e. The molecule has 0 radical (unpaired) electrons. The number of hydrogen-bond acceptors (Lipinski definition) is 11. The Kier molecular flexibility index (Phi) is 12.9. The molecular formula is C34H22F3N7O6RuS2. The van der Waals surface area contributed by atoms with Crippen molar-refractivity contribution < 1.29 is 62.4 Å². The van der Waals surface area contributed by atoms with E-state index >= 15 is 0 Å². The number of carbonyl (C=O) groups is 3. The summed E-state index contributed by atoms with van der Waals surface area (Å²) < 4.78 is 40.0. The number of halogens is 3. The van der Waals surface area contributed by atoms with Gasteiger partial charge in [-0.25, -0.2) is 19.4 Å². The summed E-state index contributed by atoms with van der Waals surface area (Å²) in [6.45, 7) is 2.00. The summed E-state index contributed by atoms with van der Waals surface area (Å²) in [5.74, 6) is -3.56. The van der Waals surface area contributed by atoms with Crippen molar-refractivity contribution in [2.24, 2.45) is 0 Å². The Labute approximate surface area is 318 Å². The maximum absolute atomic E-state index is 12.9. The van der Waals surface area contributed by atoms with Gasteiger partial charge in [0.25, 0.3) is 0 Å². The van der Waals surface area contributed by atoms with Gasteiger partial charge < -0.3 is 15.3 Å². The van der Waals surface area contributed by atoms with Gasteiger partial charge in [0, 0.05) is 53.4 Å². The Balaban J connectivity index is 0.000000233. The monoisotopic (exact) mass is 847 g/mol. The molecule has 0 unspecified atom stereocenters. The molecule has 53 heavy (non-hydrogen) atoms. The minimum absolute atomic E-state index is 0. The van der Waals surface area contributed by atoms with Crippen LogP contribution in [0.3, 0.4) is 0 Å². The number of alkyl halides is 3. The van der Waals surface area contributed by atoms with Gasteiger partial charge in [-0.3, -0.25) is 19.6 Å². The predicted octanol–water partition coefficient (Wildman–Crippen LogP) is 7.47. The van der Waals surface area contributed by atoms with Crippen molar-refractivity contribution >= 4 is 41.0 Å².